The van der Waals surface area contributed by atoms with E-state index in [2.05, 4.69) is 24.9 Å². The van der Waals surface area contributed by atoms with E-state index in [9.17, 15) is 5.26 Å². The van der Waals surface area contributed by atoms with Crippen LogP contribution < -0.4 is 14.2 Å². The predicted octanol–water partition coefficient (Wildman–Crippen LogP) is 6.17. The van der Waals surface area contributed by atoms with Crippen LogP contribution in [0.2, 0.25) is 0 Å². The number of unbranched alkanes of at least 4 members (excludes halogenated alkanes) is 7. The van der Waals surface area contributed by atoms with Crippen LogP contribution in [0.3, 0.4) is 0 Å². The SMILES string of the molecule is CCCCCCCCCCN(C)CCCC(C#N)c1cc(OC)c(OC)c(OC)c1. The summed E-state index contributed by atoms with van der Waals surface area (Å²) in [6.45, 7) is 4.41. The molecule has 170 valence electrons. The molecule has 1 aromatic carbocycles. The van der Waals surface area contributed by atoms with Gasteiger partial charge in [0.1, 0.15) is 0 Å². The summed E-state index contributed by atoms with van der Waals surface area (Å²) in [5, 5.41) is 9.70. The molecular weight excluding hydrogens is 376 g/mol. The first-order chi connectivity index (χ1) is 14.6. The third-order valence-electron chi connectivity index (χ3n) is 5.67. The molecule has 1 unspecified atom stereocenters. The lowest BCUT2D eigenvalue weighted by Crippen LogP contribution is -2.21. The van der Waals surface area contributed by atoms with E-state index in [1.54, 1.807) is 21.3 Å². The molecule has 0 saturated carbocycles. The van der Waals surface area contributed by atoms with Gasteiger partial charge in [-0.1, -0.05) is 51.9 Å². The van der Waals surface area contributed by atoms with Crippen LogP contribution in [0, 0.1) is 11.3 Å². The van der Waals surface area contributed by atoms with Gasteiger partial charge >= 0.3 is 0 Å². The van der Waals surface area contributed by atoms with Crippen LogP contribution >= 0.6 is 0 Å². The van der Waals surface area contributed by atoms with Gasteiger partial charge in [-0.2, -0.15) is 5.26 Å². The lowest BCUT2D eigenvalue weighted by Gasteiger charge is -2.19. The number of hydrogen-bond acceptors (Lipinski definition) is 5. The quantitative estimate of drug-likeness (QED) is 0.283. The second-order valence-corrected chi connectivity index (χ2v) is 8.06. The Morgan fingerprint density at radius 1 is 0.833 bits per heavy atom. The Bertz CT molecular complexity index is 602. The molecule has 0 fully saturated rings. The minimum Gasteiger partial charge on any atom is -0.493 e. The van der Waals surface area contributed by atoms with Crippen molar-refractivity contribution in [2.75, 3.05) is 41.5 Å². The smallest absolute Gasteiger partial charge is 0.203 e. The molecule has 0 heterocycles. The Balaban J connectivity index is 2.40. The summed E-state index contributed by atoms with van der Waals surface area (Å²) < 4.78 is 16.2. The van der Waals surface area contributed by atoms with Crippen LogP contribution in [-0.2, 0) is 0 Å². The molecule has 1 rings (SSSR count). The molecule has 30 heavy (non-hydrogen) atoms. The summed E-state index contributed by atoms with van der Waals surface area (Å²) in [6.07, 6.45) is 12.6. The number of nitrogens with zero attached hydrogens (tertiary/aromatic N) is 2. The fraction of sp³-hybridized carbons (Fsp3) is 0.720. The highest BCUT2D eigenvalue weighted by Crippen LogP contribution is 2.40. The average Bonchev–Trinajstić information content (AvgIpc) is 2.77. The minimum atomic E-state index is -0.185. The predicted molar refractivity (Wildman–Crippen MR) is 124 cm³/mol. The highest BCUT2D eigenvalue weighted by molar-refractivity contribution is 5.55. The van der Waals surface area contributed by atoms with Gasteiger partial charge < -0.3 is 19.1 Å². The summed E-state index contributed by atoms with van der Waals surface area (Å²) in [5.41, 5.74) is 0.915. The zero-order valence-corrected chi connectivity index (χ0v) is 19.8. The van der Waals surface area contributed by atoms with E-state index in [4.69, 9.17) is 14.2 Å². The van der Waals surface area contributed by atoms with E-state index in [1.807, 2.05) is 12.1 Å². The Morgan fingerprint density at radius 3 is 1.87 bits per heavy atom. The van der Waals surface area contributed by atoms with Crippen molar-refractivity contribution < 1.29 is 14.2 Å². The molecule has 0 aliphatic rings. The van der Waals surface area contributed by atoms with Crippen LogP contribution in [0.5, 0.6) is 17.2 Å². The molecule has 0 bridgehead atoms. The van der Waals surface area contributed by atoms with Crippen LogP contribution in [-0.4, -0.2) is 46.4 Å². The third kappa shape index (κ3) is 9.26. The van der Waals surface area contributed by atoms with Crippen molar-refractivity contribution in [2.45, 2.75) is 77.0 Å². The van der Waals surface area contributed by atoms with Crippen molar-refractivity contribution in [2.24, 2.45) is 0 Å². The Kier molecular flexibility index (Phi) is 13.8. The number of rotatable bonds is 17. The Labute approximate surface area is 184 Å². The second-order valence-electron chi connectivity index (χ2n) is 8.06. The zero-order valence-electron chi connectivity index (χ0n) is 19.8. The molecule has 0 amide bonds. The molecular formula is C25H42N2O3. The van der Waals surface area contributed by atoms with Crippen molar-refractivity contribution in [1.82, 2.24) is 4.90 Å². The number of benzene rings is 1. The van der Waals surface area contributed by atoms with Gasteiger partial charge in [-0.05, 0) is 57.1 Å². The largest absolute Gasteiger partial charge is 0.493 e. The highest BCUT2D eigenvalue weighted by atomic mass is 16.5. The Hall–Kier alpha value is -1.93. The number of methoxy groups -OCH3 is 3. The van der Waals surface area contributed by atoms with E-state index >= 15 is 0 Å². The molecule has 0 aliphatic carbocycles. The van der Waals surface area contributed by atoms with Crippen molar-refractivity contribution in [3.63, 3.8) is 0 Å². The first-order valence-electron chi connectivity index (χ1n) is 11.5. The van der Waals surface area contributed by atoms with Gasteiger partial charge in [-0.15, -0.1) is 0 Å². The average molecular weight is 419 g/mol. The van der Waals surface area contributed by atoms with E-state index in [-0.39, 0.29) is 5.92 Å². The maximum Gasteiger partial charge on any atom is 0.203 e. The fourth-order valence-corrected chi connectivity index (χ4v) is 3.80. The minimum absolute atomic E-state index is 0.185. The van der Waals surface area contributed by atoms with Gasteiger partial charge in [-0.3, -0.25) is 0 Å². The highest BCUT2D eigenvalue weighted by Gasteiger charge is 2.18. The van der Waals surface area contributed by atoms with Gasteiger partial charge in [0.2, 0.25) is 5.75 Å². The van der Waals surface area contributed by atoms with Crippen LogP contribution in [0.1, 0.15) is 82.6 Å². The van der Waals surface area contributed by atoms with Gasteiger partial charge in [0.25, 0.3) is 0 Å². The number of hydrogen-bond donors (Lipinski definition) is 0. The maximum absolute atomic E-state index is 9.70. The lowest BCUT2D eigenvalue weighted by molar-refractivity contribution is 0.313. The third-order valence-corrected chi connectivity index (χ3v) is 5.67. The first kappa shape index (κ1) is 26.1. The first-order valence-corrected chi connectivity index (χ1v) is 11.5. The molecule has 0 saturated heterocycles. The van der Waals surface area contributed by atoms with Crippen LogP contribution in [0.4, 0.5) is 0 Å². The fourth-order valence-electron chi connectivity index (χ4n) is 3.80. The van der Waals surface area contributed by atoms with Gasteiger partial charge in [0.05, 0.1) is 33.3 Å². The summed E-state index contributed by atoms with van der Waals surface area (Å²) in [6, 6.07) is 6.22. The summed E-state index contributed by atoms with van der Waals surface area (Å²) >= 11 is 0. The monoisotopic (exact) mass is 418 g/mol. The van der Waals surface area contributed by atoms with E-state index in [0.29, 0.717) is 17.2 Å². The molecule has 0 N–H and O–H groups in total. The normalized spacial score (nSPS) is 11.9. The molecule has 0 spiro atoms. The van der Waals surface area contributed by atoms with Crippen molar-refractivity contribution in [3.8, 4) is 23.3 Å². The second kappa shape index (κ2) is 15.8. The standard InChI is InChI=1S/C25H42N2O3/c1-6-7-8-9-10-11-12-13-16-27(2)17-14-15-21(20-26)22-18-23(28-3)25(30-5)24(19-22)29-4/h18-19,21H,6-17H2,1-5H3. The molecule has 1 atom stereocenters. The molecule has 1 aromatic rings. The summed E-state index contributed by atoms with van der Waals surface area (Å²) in [7, 11) is 6.97. The van der Waals surface area contributed by atoms with Crippen LogP contribution in [0.25, 0.3) is 0 Å². The molecule has 5 heteroatoms. The molecule has 0 aliphatic heterocycles. The molecule has 5 nitrogen and oxygen atoms in total. The van der Waals surface area contributed by atoms with E-state index in [1.165, 1.54) is 51.4 Å². The molecule has 0 aromatic heterocycles. The van der Waals surface area contributed by atoms with E-state index in [0.717, 1.165) is 31.5 Å². The van der Waals surface area contributed by atoms with Crippen molar-refractivity contribution >= 4 is 0 Å². The summed E-state index contributed by atoms with van der Waals surface area (Å²) in [5.74, 6) is 1.57. The maximum atomic E-state index is 9.70. The van der Waals surface area contributed by atoms with Crippen molar-refractivity contribution in [3.05, 3.63) is 17.7 Å². The zero-order chi connectivity index (χ0) is 22.2. The number of ether oxygens (including phenoxy) is 3. The van der Waals surface area contributed by atoms with Gasteiger partial charge in [0.15, 0.2) is 11.5 Å². The lowest BCUT2D eigenvalue weighted by atomic mass is 9.94. The van der Waals surface area contributed by atoms with Crippen molar-refractivity contribution in [1.29, 1.82) is 5.26 Å². The molecule has 0 radical (unpaired) electrons. The van der Waals surface area contributed by atoms with E-state index < -0.39 is 0 Å². The van der Waals surface area contributed by atoms with Gasteiger partial charge in [0, 0.05) is 0 Å². The van der Waals surface area contributed by atoms with Gasteiger partial charge in [-0.25, -0.2) is 0 Å². The topological polar surface area (TPSA) is 54.7 Å². The Morgan fingerprint density at radius 2 is 1.37 bits per heavy atom. The summed E-state index contributed by atoms with van der Waals surface area (Å²) in [4.78, 5) is 2.39. The number of nitriles is 1. The van der Waals surface area contributed by atoms with Crippen LogP contribution in [0.15, 0.2) is 12.1 Å².